The SMILES string of the molecule is CCc1ccc(NC(=O)c2ccccc2N2C(=O)C3Cc4c([nH]c5ccccc45)C(c4ccccc4)N3C2=O)cc1. The quantitative estimate of drug-likeness (QED) is 0.251. The number of carbonyl (C=O) groups excluding carboxylic acids is 3. The van der Waals surface area contributed by atoms with Gasteiger partial charge >= 0.3 is 6.03 Å². The van der Waals surface area contributed by atoms with Gasteiger partial charge in [-0.1, -0.05) is 79.7 Å². The van der Waals surface area contributed by atoms with Crippen molar-refractivity contribution in [3.8, 4) is 0 Å². The van der Waals surface area contributed by atoms with Crippen molar-refractivity contribution in [3.05, 3.63) is 131 Å². The Balaban J connectivity index is 1.29. The third-order valence-electron chi connectivity index (χ3n) is 8.17. The van der Waals surface area contributed by atoms with Crippen LogP contribution >= 0.6 is 0 Å². The second-order valence-electron chi connectivity index (χ2n) is 10.5. The number of amides is 4. The Morgan fingerprint density at radius 2 is 1.59 bits per heavy atom. The second kappa shape index (κ2) is 9.78. The molecule has 0 bridgehead atoms. The summed E-state index contributed by atoms with van der Waals surface area (Å²) in [5.74, 6) is -0.717. The number of hydrogen-bond acceptors (Lipinski definition) is 3. The number of aromatic nitrogens is 1. The van der Waals surface area contributed by atoms with Crippen molar-refractivity contribution in [2.45, 2.75) is 31.8 Å². The Morgan fingerprint density at radius 3 is 2.37 bits per heavy atom. The molecule has 4 aromatic carbocycles. The van der Waals surface area contributed by atoms with Crippen LogP contribution in [0.4, 0.5) is 16.2 Å². The Bertz CT molecular complexity index is 1810. The van der Waals surface area contributed by atoms with Crippen LogP contribution in [0, 0.1) is 0 Å². The first-order chi connectivity index (χ1) is 20.0. The van der Waals surface area contributed by atoms with Crippen LogP contribution in [0.5, 0.6) is 0 Å². The average Bonchev–Trinajstić information content (AvgIpc) is 3.50. The van der Waals surface area contributed by atoms with Crippen LogP contribution in [0.15, 0.2) is 103 Å². The molecule has 1 saturated heterocycles. The summed E-state index contributed by atoms with van der Waals surface area (Å²) in [6, 6.07) is 30.6. The zero-order valence-electron chi connectivity index (χ0n) is 22.5. The standard InChI is InChI=1S/C34H28N4O3/c1-2-21-16-18-23(19-17-21)35-32(39)25-13-7-9-15-28(25)38-33(40)29-20-26-24-12-6-8-14-27(24)36-30(26)31(37(29)34(38)41)22-10-4-3-5-11-22/h3-19,29,31,36H,2,20H2,1H3,(H,35,39). The van der Waals surface area contributed by atoms with E-state index in [1.165, 1.54) is 10.5 Å². The topological polar surface area (TPSA) is 85.5 Å². The number of nitrogens with one attached hydrogen (secondary N) is 2. The maximum Gasteiger partial charge on any atom is 0.332 e. The molecule has 7 heteroatoms. The van der Waals surface area contributed by atoms with Gasteiger partial charge in [0.05, 0.1) is 11.3 Å². The van der Waals surface area contributed by atoms with Gasteiger partial charge in [-0.05, 0) is 53.4 Å². The highest BCUT2D eigenvalue weighted by atomic mass is 16.2. The van der Waals surface area contributed by atoms with Gasteiger partial charge in [-0.15, -0.1) is 0 Å². The van der Waals surface area contributed by atoms with Crippen molar-refractivity contribution < 1.29 is 14.4 Å². The van der Waals surface area contributed by atoms with Gasteiger partial charge in [0, 0.05) is 28.7 Å². The van der Waals surface area contributed by atoms with E-state index in [-0.39, 0.29) is 23.1 Å². The Morgan fingerprint density at radius 1 is 0.878 bits per heavy atom. The normalized spacial score (nSPS) is 18.0. The van der Waals surface area contributed by atoms with E-state index >= 15 is 0 Å². The number of anilines is 2. The molecule has 0 spiro atoms. The lowest BCUT2D eigenvalue weighted by Crippen LogP contribution is -2.44. The minimum atomic E-state index is -0.697. The highest BCUT2D eigenvalue weighted by Gasteiger charge is 2.53. The number of hydrogen-bond donors (Lipinski definition) is 2. The van der Waals surface area contributed by atoms with E-state index in [2.05, 4.69) is 17.2 Å². The summed E-state index contributed by atoms with van der Waals surface area (Å²) < 4.78 is 0. The van der Waals surface area contributed by atoms with E-state index in [9.17, 15) is 14.4 Å². The van der Waals surface area contributed by atoms with Crippen molar-refractivity contribution in [2.75, 3.05) is 10.2 Å². The highest BCUT2D eigenvalue weighted by Crippen LogP contribution is 2.45. The molecule has 202 valence electrons. The van der Waals surface area contributed by atoms with Crippen molar-refractivity contribution in [1.29, 1.82) is 0 Å². The smallest absolute Gasteiger partial charge is 0.332 e. The largest absolute Gasteiger partial charge is 0.356 e. The fourth-order valence-electron chi connectivity index (χ4n) is 6.16. The Labute approximate surface area is 237 Å². The summed E-state index contributed by atoms with van der Waals surface area (Å²) in [6.45, 7) is 2.07. The molecule has 0 saturated carbocycles. The first-order valence-corrected chi connectivity index (χ1v) is 13.8. The number of aromatic amines is 1. The number of carbonyl (C=O) groups is 3. The van der Waals surface area contributed by atoms with Crippen LogP contribution in [-0.4, -0.2) is 33.8 Å². The first kappa shape index (κ1) is 24.8. The van der Waals surface area contributed by atoms with Crippen molar-refractivity contribution in [2.24, 2.45) is 0 Å². The predicted molar refractivity (Wildman–Crippen MR) is 159 cm³/mol. The van der Waals surface area contributed by atoms with Crippen LogP contribution in [-0.2, 0) is 17.6 Å². The Hall–Kier alpha value is -5.17. The van der Waals surface area contributed by atoms with Crippen molar-refractivity contribution in [1.82, 2.24) is 9.88 Å². The van der Waals surface area contributed by atoms with Crippen LogP contribution < -0.4 is 10.2 Å². The van der Waals surface area contributed by atoms with Crippen LogP contribution in [0.3, 0.4) is 0 Å². The molecule has 7 rings (SSSR count). The molecular weight excluding hydrogens is 512 g/mol. The molecule has 4 amide bonds. The molecule has 2 N–H and O–H groups in total. The van der Waals surface area contributed by atoms with Gasteiger partial charge in [-0.25, -0.2) is 9.69 Å². The fraction of sp³-hybridized carbons (Fsp3) is 0.147. The molecule has 2 aliphatic rings. The van der Waals surface area contributed by atoms with Crippen molar-refractivity contribution in [3.63, 3.8) is 0 Å². The summed E-state index contributed by atoms with van der Waals surface area (Å²) in [6.07, 6.45) is 1.29. The van der Waals surface area contributed by atoms with Gasteiger partial charge in [0.25, 0.3) is 11.8 Å². The number of imide groups is 1. The van der Waals surface area contributed by atoms with Gasteiger partial charge in [0.1, 0.15) is 12.1 Å². The zero-order chi connectivity index (χ0) is 28.1. The average molecular weight is 541 g/mol. The summed E-state index contributed by atoms with van der Waals surface area (Å²) in [4.78, 5) is 48.2. The minimum absolute atomic E-state index is 0.258. The maximum absolute atomic E-state index is 14.2. The summed E-state index contributed by atoms with van der Waals surface area (Å²) in [5.41, 5.74) is 6.19. The number of para-hydroxylation sites is 2. The number of rotatable bonds is 5. The summed E-state index contributed by atoms with van der Waals surface area (Å²) in [7, 11) is 0. The van der Waals surface area contributed by atoms with Gasteiger partial charge in [-0.3, -0.25) is 14.5 Å². The number of H-pyrrole nitrogens is 1. The molecule has 0 radical (unpaired) electrons. The lowest BCUT2D eigenvalue weighted by Gasteiger charge is -2.36. The maximum atomic E-state index is 14.2. The first-order valence-electron chi connectivity index (χ1n) is 13.8. The monoisotopic (exact) mass is 540 g/mol. The van der Waals surface area contributed by atoms with Crippen molar-refractivity contribution >= 4 is 40.1 Å². The fourth-order valence-corrected chi connectivity index (χ4v) is 6.16. The molecule has 5 aromatic rings. The van der Waals surface area contributed by atoms with E-state index in [0.29, 0.717) is 12.1 Å². The third kappa shape index (κ3) is 4.00. The van der Waals surface area contributed by atoms with E-state index in [1.807, 2.05) is 78.9 Å². The molecule has 1 fully saturated rings. The molecule has 3 heterocycles. The molecule has 0 aliphatic carbocycles. The summed E-state index contributed by atoms with van der Waals surface area (Å²) >= 11 is 0. The van der Waals surface area contributed by atoms with Crippen LogP contribution in [0.2, 0.25) is 0 Å². The van der Waals surface area contributed by atoms with E-state index in [0.717, 1.165) is 34.1 Å². The minimum Gasteiger partial charge on any atom is -0.356 e. The van der Waals surface area contributed by atoms with Crippen LogP contribution in [0.1, 0.15) is 45.7 Å². The Kier molecular flexibility index (Phi) is 5.93. The molecule has 2 atom stereocenters. The highest BCUT2D eigenvalue weighted by molar-refractivity contribution is 6.24. The predicted octanol–water partition coefficient (Wildman–Crippen LogP) is 6.47. The molecule has 2 aliphatic heterocycles. The number of benzene rings is 4. The molecular formula is C34H28N4O3. The molecule has 1 aromatic heterocycles. The second-order valence-corrected chi connectivity index (χ2v) is 10.5. The molecule has 7 nitrogen and oxygen atoms in total. The zero-order valence-corrected chi connectivity index (χ0v) is 22.5. The van der Waals surface area contributed by atoms with Gasteiger partial charge in [0.15, 0.2) is 0 Å². The van der Waals surface area contributed by atoms with Crippen LogP contribution in [0.25, 0.3) is 10.9 Å². The third-order valence-corrected chi connectivity index (χ3v) is 8.17. The van der Waals surface area contributed by atoms with E-state index < -0.39 is 18.1 Å². The number of fused-ring (bicyclic) bond motifs is 4. The molecule has 2 unspecified atom stereocenters. The number of aryl methyl sites for hydroxylation is 1. The van der Waals surface area contributed by atoms with Gasteiger partial charge in [0.2, 0.25) is 0 Å². The summed E-state index contributed by atoms with van der Waals surface area (Å²) in [5, 5.41) is 3.98. The lowest BCUT2D eigenvalue weighted by molar-refractivity contribution is -0.120. The van der Waals surface area contributed by atoms with E-state index in [1.54, 1.807) is 29.2 Å². The number of nitrogens with zero attached hydrogens (tertiary/aromatic N) is 2. The lowest BCUT2D eigenvalue weighted by atomic mass is 9.89. The van der Waals surface area contributed by atoms with Gasteiger partial charge < -0.3 is 10.3 Å². The molecule has 41 heavy (non-hydrogen) atoms. The number of urea groups is 1. The van der Waals surface area contributed by atoms with E-state index in [4.69, 9.17) is 0 Å². The van der Waals surface area contributed by atoms with Gasteiger partial charge in [-0.2, -0.15) is 0 Å².